The number of hydrogen-bond acceptors (Lipinski definition) is 5. The highest BCUT2D eigenvalue weighted by Gasteiger charge is 2.32. The Hall–Kier alpha value is -3.30. The number of nitro groups is 1. The van der Waals surface area contributed by atoms with Crippen LogP contribution >= 0.6 is 0 Å². The molecule has 10 heteroatoms. The molecular weight excluding hydrogens is 355 g/mol. The lowest BCUT2D eigenvalue weighted by Crippen LogP contribution is -2.28. The van der Waals surface area contributed by atoms with E-state index in [1.54, 1.807) is 0 Å². The van der Waals surface area contributed by atoms with E-state index < -0.39 is 28.3 Å². The lowest BCUT2D eigenvalue weighted by molar-refractivity contribution is -0.384. The number of hydrogen-bond donors (Lipinski definition) is 3. The third-order valence-electron chi connectivity index (χ3n) is 3.38. The summed E-state index contributed by atoms with van der Waals surface area (Å²) in [6, 6.07) is 7.69. The van der Waals surface area contributed by atoms with E-state index in [9.17, 15) is 28.1 Å². The minimum Gasteiger partial charge on any atom is -0.508 e. The molecule has 2 rings (SSSR count). The zero-order valence-electron chi connectivity index (χ0n) is 13.2. The van der Waals surface area contributed by atoms with Gasteiger partial charge in [0.05, 0.1) is 10.5 Å². The Morgan fingerprint density at radius 1 is 1.12 bits per heavy atom. The number of alkyl halides is 3. The summed E-state index contributed by atoms with van der Waals surface area (Å²) in [6.45, 7) is 0.147. The van der Waals surface area contributed by atoms with Crippen LogP contribution < -0.4 is 10.6 Å². The highest BCUT2D eigenvalue weighted by molar-refractivity contribution is 5.94. The highest BCUT2D eigenvalue weighted by atomic mass is 19.4. The van der Waals surface area contributed by atoms with Crippen molar-refractivity contribution in [2.45, 2.75) is 6.18 Å². The minimum atomic E-state index is -4.68. The topological polar surface area (TPSA) is 104 Å². The molecule has 138 valence electrons. The van der Waals surface area contributed by atoms with Gasteiger partial charge >= 0.3 is 6.18 Å². The van der Waals surface area contributed by atoms with Crippen molar-refractivity contribution in [3.05, 3.63) is 63.7 Å². The minimum absolute atomic E-state index is 0.0119. The molecule has 0 aliphatic heterocycles. The molecule has 0 unspecified atom stereocenters. The van der Waals surface area contributed by atoms with Gasteiger partial charge in [0, 0.05) is 24.7 Å². The normalized spacial score (nSPS) is 11.0. The molecular formula is C16H14F3N3O4. The molecule has 0 radical (unpaired) electrons. The van der Waals surface area contributed by atoms with E-state index in [1.165, 1.54) is 24.3 Å². The van der Waals surface area contributed by atoms with Crippen molar-refractivity contribution in [2.75, 3.05) is 18.4 Å². The number of phenolic OH excluding ortho intramolecular Hbond substituents is 1. The fourth-order valence-electron chi connectivity index (χ4n) is 2.10. The molecule has 1 amide bonds. The van der Waals surface area contributed by atoms with Crippen molar-refractivity contribution in [1.82, 2.24) is 5.32 Å². The highest BCUT2D eigenvalue weighted by Crippen LogP contribution is 2.34. The second-order valence-electron chi connectivity index (χ2n) is 5.22. The Balaban J connectivity index is 1.95. The van der Waals surface area contributed by atoms with Crippen molar-refractivity contribution in [3.63, 3.8) is 0 Å². The Labute approximate surface area is 145 Å². The number of halogens is 3. The summed E-state index contributed by atoms with van der Waals surface area (Å²) in [5.41, 5.74) is -1.59. The SMILES string of the molecule is O=C(NCCNc1ccc(C(F)(F)F)cc1[N+](=O)[O-])c1ccc(O)cc1. The lowest BCUT2D eigenvalue weighted by atomic mass is 10.1. The quantitative estimate of drug-likeness (QED) is 0.412. The average Bonchev–Trinajstić information content (AvgIpc) is 2.58. The van der Waals surface area contributed by atoms with Crippen molar-refractivity contribution in [1.29, 1.82) is 0 Å². The average molecular weight is 369 g/mol. The summed E-state index contributed by atoms with van der Waals surface area (Å²) in [5, 5.41) is 25.3. The van der Waals surface area contributed by atoms with Gasteiger partial charge in [-0.15, -0.1) is 0 Å². The zero-order valence-corrected chi connectivity index (χ0v) is 13.2. The second kappa shape index (κ2) is 7.72. The Bertz CT molecular complexity index is 807. The maximum atomic E-state index is 12.6. The smallest absolute Gasteiger partial charge is 0.416 e. The number of aromatic hydroxyl groups is 1. The molecule has 0 fully saturated rings. The molecule has 7 nitrogen and oxygen atoms in total. The summed E-state index contributed by atoms with van der Waals surface area (Å²) in [6.07, 6.45) is -4.68. The number of nitrogens with one attached hydrogen (secondary N) is 2. The lowest BCUT2D eigenvalue weighted by Gasteiger charge is -2.11. The summed E-state index contributed by atoms with van der Waals surface area (Å²) >= 11 is 0. The third kappa shape index (κ3) is 4.85. The largest absolute Gasteiger partial charge is 0.508 e. The number of phenols is 1. The first-order valence-corrected chi connectivity index (χ1v) is 7.35. The van der Waals surface area contributed by atoms with Crippen LogP contribution in [-0.2, 0) is 6.18 Å². The van der Waals surface area contributed by atoms with Crippen LogP contribution in [0.3, 0.4) is 0 Å². The molecule has 26 heavy (non-hydrogen) atoms. The standard InChI is InChI=1S/C16H14F3N3O4/c17-16(18,19)11-3-6-13(14(9-11)22(25)26)20-7-8-21-15(24)10-1-4-12(23)5-2-10/h1-6,9,20,23H,7-8H2,(H,21,24). The van der Waals surface area contributed by atoms with Crippen molar-refractivity contribution in [3.8, 4) is 5.75 Å². The van der Waals surface area contributed by atoms with Crippen LogP contribution in [0.2, 0.25) is 0 Å². The van der Waals surface area contributed by atoms with Gasteiger partial charge in [0.2, 0.25) is 0 Å². The van der Waals surface area contributed by atoms with Crippen LogP contribution in [0.5, 0.6) is 5.75 Å². The van der Waals surface area contributed by atoms with Gasteiger partial charge in [-0.25, -0.2) is 0 Å². The van der Waals surface area contributed by atoms with Crippen LogP contribution in [0.25, 0.3) is 0 Å². The number of carbonyl (C=O) groups is 1. The summed E-state index contributed by atoms with van der Waals surface area (Å²) < 4.78 is 37.9. The number of anilines is 1. The number of amides is 1. The second-order valence-corrected chi connectivity index (χ2v) is 5.22. The van der Waals surface area contributed by atoms with Gasteiger partial charge in [0.15, 0.2) is 0 Å². The zero-order chi connectivity index (χ0) is 19.3. The summed E-state index contributed by atoms with van der Waals surface area (Å²) in [7, 11) is 0. The van der Waals surface area contributed by atoms with E-state index in [4.69, 9.17) is 5.11 Å². The van der Waals surface area contributed by atoms with Gasteiger partial charge in [-0.1, -0.05) is 0 Å². The summed E-state index contributed by atoms with van der Waals surface area (Å²) in [4.78, 5) is 21.9. The third-order valence-corrected chi connectivity index (χ3v) is 3.38. The molecule has 3 N–H and O–H groups in total. The molecule has 0 spiro atoms. The van der Waals surface area contributed by atoms with E-state index >= 15 is 0 Å². The number of benzene rings is 2. The predicted molar refractivity (Wildman–Crippen MR) is 87.0 cm³/mol. The Morgan fingerprint density at radius 2 is 1.77 bits per heavy atom. The van der Waals surface area contributed by atoms with E-state index in [-0.39, 0.29) is 24.5 Å². The van der Waals surface area contributed by atoms with E-state index in [0.29, 0.717) is 11.6 Å². The number of rotatable bonds is 6. The molecule has 0 heterocycles. The van der Waals surface area contributed by atoms with Crippen LogP contribution in [0.1, 0.15) is 15.9 Å². The first-order chi connectivity index (χ1) is 12.2. The fourth-order valence-corrected chi connectivity index (χ4v) is 2.10. The fraction of sp³-hybridized carbons (Fsp3) is 0.188. The van der Waals surface area contributed by atoms with Gasteiger partial charge < -0.3 is 15.7 Å². The van der Waals surface area contributed by atoms with Gasteiger partial charge in [0.1, 0.15) is 11.4 Å². The maximum absolute atomic E-state index is 12.6. The molecule has 0 aliphatic rings. The van der Waals surface area contributed by atoms with Crippen LogP contribution in [0, 0.1) is 10.1 Å². The monoisotopic (exact) mass is 369 g/mol. The van der Waals surface area contributed by atoms with Crippen LogP contribution in [-0.4, -0.2) is 29.0 Å². The predicted octanol–water partition coefficient (Wildman–Crippen LogP) is 3.16. The first kappa shape index (κ1) is 19.0. The summed E-state index contributed by atoms with van der Waals surface area (Å²) in [5.74, 6) is -0.411. The number of nitro benzene ring substituents is 1. The van der Waals surface area contributed by atoms with E-state index in [2.05, 4.69) is 10.6 Å². The van der Waals surface area contributed by atoms with Crippen LogP contribution in [0.4, 0.5) is 24.5 Å². The molecule has 2 aromatic carbocycles. The van der Waals surface area contributed by atoms with E-state index in [0.717, 1.165) is 12.1 Å². The van der Waals surface area contributed by atoms with Crippen molar-refractivity contribution in [2.24, 2.45) is 0 Å². The molecule has 0 aliphatic carbocycles. The van der Waals surface area contributed by atoms with Gasteiger partial charge in [-0.2, -0.15) is 13.2 Å². The maximum Gasteiger partial charge on any atom is 0.416 e. The Morgan fingerprint density at radius 3 is 2.35 bits per heavy atom. The van der Waals surface area contributed by atoms with Gasteiger partial charge in [0.25, 0.3) is 11.6 Å². The molecule has 0 aromatic heterocycles. The molecule has 0 atom stereocenters. The molecule has 0 bridgehead atoms. The van der Waals surface area contributed by atoms with Gasteiger partial charge in [-0.05, 0) is 36.4 Å². The number of carbonyl (C=O) groups excluding carboxylic acids is 1. The van der Waals surface area contributed by atoms with Crippen LogP contribution in [0.15, 0.2) is 42.5 Å². The van der Waals surface area contributed by atoms with Crippen molar-refractivity contribution >= 4 is 17.3 Å². The van der Waals surface area contributed by atoms with Gasteiger partial charge in [-0.3, -0.25) is 14.9 Å². The van der Waals surface area contributed by atoms with Crippen molar-refractivity contribution < 1.29 is 28.0 Å². The number of nitrogens with zero attached hydrogens (tertiary/aromatic N) is 1. The first-order valence-electron chi connectivity index (χ1n) is 7.35. The van der Waals surface area contributed by atoms with E-state index in [1.807, 2.05) is 0 Å². The Kier molecular flexibility index (Phi) is 5.65. The molecule has 2 aromatic rings. The molecule has 0 saturated heterocycles. The molecule has 0 saturated carbocycles.